The third-order valence-corrected chi connectivity index (χ3v) is 4.33. The summed E-state index contributed by atoms with van der Waals surface area (Å²) < 4.78 is 0. The third kappa shape index (κ3) is 4.68. The summed E-state index contributed by atoms with van der Waals surface area (Å²) in [6.07, 6.45) is 6.09. The van der Waals surface area contributed by atoms with Gasteiger partial charge in [-0.15, -0.1) is 0 Å². The van der Waals surface area contributed by atoms with Crippen LogP contribution in [0, 0.1) is 0 Å². The van der Waals surface area contributed by atoms with Crippen molar-refractivity contribution in [3.8, 4) is 0 Å². The first-order valence-corrected chi connectivity index (χ1v) is 8.98. The maximum atomic E-state index is 12.4. The molecule has 6 heteroatoms. The molecule has 1 aliphatic rings. The van der Waals surface area contributed by atoms with Crippen molar-refractivity contribution in [1.29, 1.82) is 0 Å². The number of carbonyl (C=O) groups is 1. The van der Waals surface area contributed by atoms with Crippen LogP contribution in [0.15, 0.2) is 36.7 Å². The summed E-state index contributed by atoms with van der Waals surface area (Å²) in [5.74, 6) is 0.452. The zero-order valence-corrected chi connectivity index (χ0v) is 14.7. The van der Waals surface area contributed by atoms with Crippen LogP contribution in [0.4, 0.5) is 17.2 Å². The lowest BCUT2D eigenvalue weighted by Crippen LogP contribution is -2.18. The Morgan fingerprint density at radius 3 is 2.64 bits per heavy atom. The number of nitrogens with zero attached hydrogens (tertiary/aromatic N) is 3. The molecule has 3 rings (SSSR count). The van der Waals surface area contributed by atoms with Gasteiger partial charge in [0.05, 0.1) is 0 Å². The molecule has 0 radical (unpaired) electrons. The van der Waals surface area contributed by atoms with Gasteiger partial charge in [0.15, 0.2) is 0 Å². The molecule has 2 heterocycles. The van der Waals surface area contributed by atoms with E-state index in [1.165, 1.54) is 24.9 Å². The summed E-state index contributed by atoms with van der Waals surface area (Å²) in [5, 5.41) is 6.10. The van der Waals surface area contributed by atoms with Crippen molar-refractivity contribution in [1.82, 2.24) is 9.97 Å². The molecule has 2 aromatic rings. The molecule has 6 nitrogen and oxygen atoms in total. The van der Waals surface area contributed by atoms with Crippen LogP contribution in [0.25, 0.3) is 0 Å². The van der Waals surface area contributed by atoms with Crippen LogP contribution in [-0.2, 0) is 0 Å². The topological polar surface area (TPSA) is 70.2 Å². The second-order valence-electron chi connectivity index (χ2n) is 6.26. The quantitative estimate of drug-likeness (QED) is 0.755. The van der Waals surface area contributed by atoms with Crippen molar-refractivity contribution in [3.05, 3.63) is 42.4 Å². The Bertz CT molecular complexity index is 695. The minimum atomic E-state index is -0.227. The van der Waals surface area contributed by atoms with E-state index < -0.39 is 0 Å². The number of nitrogens with one attached hydrogen (secondary N) is 2. The molecule has 1 aromatic carbocycles. The van der Waals surface area contributed by atoms with Crippen LogP contribution in [-0.4, -0.2) is 35.5 Å². The van der Waals surface area contributed by atoms with Crippen LogP contribution in [0.1, 0.15) is 43.1 Å². The van der Waals surface area contributed by atoms with Crippen LogP contribution in [0.3, 0.4) is 0 Å². The largest absolute Gasteiger partial charge is 0.372 e. The summed E-state index contributed by atoms with van der Waals surface area (Å²) in [6, 6.07) is 9.67. The van der Waals surface area contributed by atoms with E-state index in [0.29, 0.717) is 11.5 Å². The van der Waals surface area contributed by atoms with Crippen LogP contribution in [0.5, 0.6) is 0 Å². The Balaban J connectivity index is 1.60. The Morgan fingerprint density at radius 1 is 1.16 bits per heavy atom. The molecule has 2 N–H and O–H groups in total. The highest BCUT2D eigenvalue weighted by molar-refractivity contribution is 6.03. The van der Waals surface area contributed by atoms with E-state index in [1.807, 2.05) is 12.1 Å². The van der Waals surface area contributed by atoms with Crippen molar-refractivity contribution in [2.75, 3.05) is 35.2 Å². The van der Waals surface area contributed by atoms with Gasteiger partial charge >= 0.3 is 0 Å². The molecule has 0 unspecified atom stereocenters. The molecule has 0 atom stereocenters. The highest BCUT2D eigenvalue weighted by Crippen LogP contribution is 2.22. The van der Waals surface area contributed by atoms with Gasteiger partial charge in [0.25, 0.3) is 5.91 Å². The van der Waals surface area contributed by atoms with Crippen molar-refractivity contribution in [3.63, 3.8) is 0 Å². The summed E-state index contributed by atoms with van der Waals surface area (Å²) in [4.78, 5) is 23.0. The number of anilines is 3. The van der Waals surface area contributed by atoms with Gasteiger partial charge in [0.2, 0.25) is 0 Å². The predicted octanol–water partition coefficient (Wildman–Crippen LogP) is 3.54. The summed E-state index contributed by atoms with van der Waals surface area (Å²) in [7, 11) is 0. The standard InChI is InChI=1S/C19H25N5O/c1-2-3-10-20-18-13-17(21-14-22-18)19(25)23-15-6-8-16(9-7-15)24-11-4-5-12-24/h6-9,13-14H,2-5,10-12H2,1H3,(H,23,25)(H,20,21,22). The first-order valence-electron chi connectivity index (χ1n) is 8.98. The molecule has 0 spiro atoms. The molecule has 0 bridgehead atoms. The lowest BCUT2D eigenvalue weighted by Gasteiger charge is -2.17. The molecular formula is C19H25N5O. The van der Waals surface area contributed by atoms with Crippen molar-refractivity contribution in [2.24, 2.45) is 0 Å². The molecule has 0 saturated carbocycles. The number of benzene rings is 1. The van der Waals surface area contributed by atoms with Gasteiger partial charge in [-0.25, -0.2) is 9.97 Å². The maximum Gasteiger partial charge on any atom is 0.274 e. The Hall–Kier alpha value is -2.63. The second kappa shape index (κ2) is 8.46. The van der Waals surface area contributed by atoms with Gasteiger partial charge in [-0.3, -0.25) is 4.79 Å². The molecule has 1 saturated heterocycles. The number of hydrogen-bond acceptors (Lipinski definition) is 5. The van der Waals surface area contributed by atoms with Gasteiger partial charge < -0.3 is 15.5 Å². The fourth-order valence-corrected chi connectivity index (χ4v) is 2.90. The molecular weight excluding hydrogens is 314 g/mol. The highest BCUT2D eigenvalue weighted by Gasteiger charge is 2.13. The van der Waals surface area contributed by atoms with Crippen LogP contribution < -0.4 is 15.5 Å². The molecule has 25 heavy (non-hydrogen) atoms. The van der Waals surface area contributed by atoms with Gasteiger partial charge in [0, 0.05) is 37.1 Å². The van der Waals surface area contributed by atoms with Crippen LogP contribution in [0.2, 0.25) is 0 Å². The van der Waals surface area contributed by atoms with E-state index >= 15 is 0 Å². The monoisotopic (exact) mass is 339 g/mol. The van der Waals surface area contributed by atoms with Crippen molar-refractivity contribution < 1.29 is 4.79 Å². The molecule has 132 valence electrons. The van der Waals surface area contributed by atoms with Crippen molar-refractivity contribution >= 4 is 23.1 Å². The van der Waals surface area contributed by atoms with Crippen molar-refractivity contribution in [2.45, 2.75) is 32.6 Å². The van der Waals surface area contributed by atoms with E-state index in [-0.39, 0.29) is 5.91 Å². The normalized spacial score (nSPS) is 13.7. The van der Waals surface area contributed by atoms with E-state index in [2.05, 4.69) is 44.6 Å². The van der Waals surface area contributed by atoms with E-state index in [1.54, 1.807) is 6.07 Å². The minimum Gasteiger partial charge on any atom is -0.372 e. The summed E-state index contributed by atoms with van der Waals surface area (Å²) in [6.45, 7) is 5.20. The molecule has 1 fully saturated rings. The fraction of sp³-hybridized carbons (Fsp3) is 0.421. The van der Waals surface area contributed by atoms with E-state index in [0.717, 1.165) is 38.2 Å². The number of carbonyl (C=O) groups excluding carboxylic acids is 1. The van der Waals surface area contributed by atoms with Crippen LogP contribution >= 0.6 is 0 Å². The van der Waals surface area contributed by atoms with Gasteiger partial charge in [-0.1, -0.05) is 13.3 Å². The van der Waals surface area contributed by atoms with Gasteiger partial charge in [-0.2, -0.15) is 0 Å². The fourth-order valence-electron chi connectivity index (χ4n) is 2.90. The summed E-state index contributed by atoms with van der Waals surface area (Å²) in [5.41, 5.74) is 2.34. The number of rotatable bonds is 7. The van der Waals surface area contributed by atoms with E-state index in [4.69, 9.17) is 0 Å². The van der Waals surface area contributed by atoms with Gasteiger partial charge in [0.1, 0.15) is 17.8 Å². The Kier molecular flexibility index (Phi) is 5.82. The molecule has 0 aliphatic carbocycles. The maximum absolute atomic E-state index is 12.4. The molecule has 1 aliphatic heterocycles. The predicted molar refractivity (Wildman–Crippen MR) is 101 cm³/mol. The third-order valence-electron chi connectivity index (χ3n) is 4.33. The first-order chi connectivity index (χ1) is 12.3. The lowest BCUT2D eigenvalue weighted by molar-refractivity contribution is 0.102. The number of amides is 1. The minimum absolute atomic E-state index is 0.227. The molecule has 1 amide bonds. The SMILES string of the molecule is CCCCNc1cc(C(=O)Nc2ccc(N3CCCC3)cc2)ncn1. The first kappa shape index (κ1) is 17.2. The average Bonchev–Trinajstić information content (AvgIpc) is 3.17. The Labute approximate surface area is 148 Å². The van der Waals surface area contributed by atoms with Gasteiger partial charge in [-0.05, 0) is 43.5 Å². The number of aromatic nitrogens is 2. The zero-order valence-electron chi connectivity index (χ0n) is 14.7. The second-order valence-corrected chi connectivity index (χ2v) is 6.26. The molecule has 1 aromatic heterocycles. The average molecular weight is 339 g/mol. The number of unbranched alkanes of at least 4 members (excludes halogenated alkanes) is 1. The number of hydrogen-bond donors (Lipinski definition) is 2. The van der Waals surface area contributed by atoms with E-state index in [9.17, 15) is 4.79 Å². The smallest absolute Gasteiger partial charge is 0.274 e. The lowest BCUT2D eigenvalue weighted by atomic mass is 10.2. The summed E-state index contributed by atoms with van der Waals surface area (Å²) >= 11 is 0. The zero-order chi connectivity index (χ0) is 17.5. The highest BCUT2D eigenvalue weighted by atomic mass is 16.1. The Morgan fingerprint density at radius 2 is 1.92 bits per heavy atom.